The summed E-state index contributed by atoms with van der Waals surface area (Å²) in [6.07, 6.45) is 4.93. The first-order valence-electron chi connectivity index (χ1n) is 10.1. The van der Waals surface area contributed by atoms with Crippen molar-refractivity contribution in [1.82, 2.24) is 9.88 Å². The smallest absolute Gasteiger partial charge is 0.333 e. The van der Waals surface area contributed by atoms with Gasteiger partial charge in [-0.1, -0.05) is 24.3 Å². The maximum absolute atomic E-state index is 13.0. The van der Waals surface area contributed by atoms with Crippen LogP contribution in [-0.2, 0) is 27.4 Å². The number of aromatic nitrogens is 1. The summed E-state index contributed by atoms with van der Waals surface area (Å²) in [5.41, 5.74) is 1.19. The SMILES string of the molecule is CCOC(=O)/C=c1\s/c(=C/c2ccc(SC)cc2)c(=O)n1CC(=O)NCc1ccc(F)cc1. The van der Waals surface area contributed by atoms with Crippen molar-refractivity contribution in [3.05, 3.63) is 85.0 Å². The lowest BCUT2D eigenvalue weighted by Gasteiger charge is -2.06. The van der Waals surface area contributed by atoms with Crippen molar-refractivity contribution in [1.29, 1.82) is 0 Å². The molecule has 0 fully saturated rings. The van der Waals surface area contributed by atoms with Crippen molar-refractivity contribution in [3.8, 4) is 0 Å². The molecule has 0 atom stereocenters. The van der Waals surface area contributed by atoms with Gasteiger partial charge in [0, 0.05) is 11.4 Å². The van der Waals surface area contributed by atoms with E-state index >= 15 is 0 Å². The number of rotatable bonds is 8. The van der Waals surface area contributed by atoms with Crippen LogP contribution >= 0.6 is 23.1 Å². The molecule has 0 radical (unpaired) electrons. The van der Waals surface area contributed by atoms with E-state index in [1.165, 1.54) is 22.8 Å². The highest BCUT2D eigenvalue weighted by Crippen LogP contribution is 2.14. The van der Waals surface area contributed by atoms with Crippen molar-refractivity contribution in [2.75, 3.05) is 12.9 Å². The number of benzene rings is 2. The molecule has 0 aliphatic heterocycles. The Morgan fingerprint density at radius 1 is 1.15 bits per heavy atom. The van der Waals surface area contributed by atoms with E-state index in [-0.39, 0.29) is 31.1 Å². The molecule has 0 aliphatic carbocycles. The lowest BCUT2D eigenvalue weighted by atomic mass is 10.2. The summed E-state index contributed by atoms with van der Waals surface area (Å²) in [5.74, 6) is -1.36. The van der Waals surface area contributed by atoms with Gasteiger partial charge in [0.1, 0.15) is 17.0 Å². The molecule has 0 saturated carbocycles. The van der Waals surface area contributed by atoms with E-state index < -0.39 is 11.9 Å². The monoisotopic (exact) mass is 486 g/mol. The molecular formula is C24H23FN2O4S2. The van der Waals surface area contributed by atoms with Gasteiger partial charge in [0.05, 0.1) is 17.2 Å². The summed E-state index contributed by atoms with van der Waals surface area (Å²) in [6.45, 7) is 1.81. The zero-order valence-corrected chi connectivity index (χ0v) is 19.8. The molecule has 33 heavy (non-hydrogen) atoms. The van der Waals surface area contributed by atoms with Crippen LogP contribution in [0.15, 0.2) is 58.2 Å². The van der Waals surface area contributed by atoms with Gasteiger partial charge in [0.25, 0.3) is 5.56 Å². The average molecular weight is 487 g/mol. The molecule has 0 saturated heterocycles. The minimum Gasteiger partial charge on any atom is -0.463 e. The van der Waals surface area contributed by atoms with Gasteiger partial charge >= 0.3 is 5.97 Å². The number of halogens is 1. The van der Waals surface area contributed by atoms with Gasteiger partial charge < -0.3 is 10.1 Å². The largest absolute Gasteiger partial charge is 0.463 e. The predicted octanol–water partition coefficient (Wildman–Crippen LogP) is 2.26. The van der Waals surface area contributed by atoms with Crippen molar-refractivity contribution in [2.24, 2.45) is 0 Å². The minimum absolute atomic E-state index is 0.190. The normalized spacial score (nSPS) is 12.1. The summed E-state index contributed by atoms with van der Waals surface area (Å²) in [7, 11) is 0. The standard InChI is InChI=1S/C24H23FN2O4S2/c1-3-31-23(29)13-22-27(15-21(28)26-14-17-4-8-18(25)9-5-17)24(30)20(33-22)12-16-6-10-19(32-2)11-7-16/h4-13H,3,14-15H2,1-2H3,(H,26,28)/b20-12+,22-13-. The van der Waals surface area contributed by atoms with Crippen LogP contribution in [0.3, 0.4) is 0 Å². The van der Waals surface area contributed by atoms with Crippen LogP contribution in [0, 0.1) is 5.82 Å². The second-order valence-corrected chi connectivity index (χ2v) is 8.85. The van der Waals surface area contributed by atoms with Gasteiger partial charge in [0.15, 0.2) is 0 Å². The lowest BCUT2D eigenvalue weighted by Crippen LogP contribution is -2.38. The van der Waals surface area contributed by atoms with Crippen molar-refractivity contribution in [2.45, 2.75) is 24.9 Å². The number of nitrogens with one attached hydrogen (secondary N) is 1. The van der Waals surface area contributed by atoms with E-state index in [2.05, 4.69) is 5.32 Å². The number of hydrogen-bond acceptors (Lipinski definition) is 6. The molecule has 1 amide bonds. The molecule has 1 N–H and O–H groups in total. The summed E-state index contributed by atoms with van der Waals surface area (Å²) in [6, 6.07) is 13.5. The highest BCUT2D eigenvalue weighted by atomic mass is 32.2. The maximum Gasteiger partial charge on any atom is 0.333 e. The fourth-order valence-corrected chi connectivity index (χ4v) is 4.37. The molecule has 3 aromatic rings. The van der Waals surface area contributed by atoms with Crippen molar-refractivity contribution >= 4 is 47.1 Å². The van der Waals surface area contributed by atoms with Crippen LogP contribution in [0.1, 0.15) is 18.1 Å². The molecular weight excluding hydrogens is 463 g/mol. The number of carbonyl (C=O) groups is 2. The van der Waals surface area contributed by atoms with Crippen molar-refractivity contribution < 1.29 is 18.7 Å². The Balaban J connectivity index is 1.90. The summed E-state index contributed by atoms with van der Waals surface area (Å²) in [5, 5.41) is 2.71. The minimum atomic E-state index is -0.588. The third-order valence-electron chi connectivity index (χ3n) is 4.58. The number of nitrogens with zero attached hydrogens (tertiary/aromatic N) is 1. The molecule has 3 rings (SSSR count). The number of hydrogen-bond donors (Lipinski definition) is 1. The van der Waals surface area contributed by atoms with E-state index in [0.29, 0.717) is 9.20 Å². The van der Waals surface area contributed by atoms with Crippen LogP contribution in [0.5, 0.6) is 0 Å². The molecule has 172 valence electrons. The Hall–Kier alpha value is -3.17. The first-order chi connectivity index (χ1) is 15.9. The molecule has 2 aromatic carbocycles. The van der Waals surface area contributed by atoms with Gasteiger partial charge in [-0.05, 0) is 54.6 Å². The van der Waals surface area contributed by atoms with Crippen LogP contribution < -0.4 is 20.1 Å². The van der Waals surface area contributed by atoms with Crippen LogP contribution in [0.2, 0.25) is 0 Å². The third kappa shape index (κ3) is 6.90. The number of amides is 1. The van der Waals surface area contributed by atoms with E-state index in [1.54, 1.807) is 36.9 Å². The van der Waals surface area contributed by atoms with Gasteiger partial charge in [-0.25, -0.2) is 9.18 Å². The van der Waals surface area contributed by atoms with E-state index in [4.69, 9.17) is 4.74 Å². The summed E-state index contributed by atoms with van der Waals surface area (Å²) in [4.78, 5) is 38.7. The van der Waals surface area contributed by atoms with Gasteiger partial charge in [-0.3, -0.25) is 14.2 Å². The molecule has 9 heteroatoms. The summed E-state index contributed by atoms with van der Waals surface area (Å²) < 4.78 is 20.0. The van der Waals surface area contributed by atoms with Crippen molar-refractivity contribution in [3.63, 3.8) is 0 Å². The highest BCUT2D eigenvalue weighted by molar-refractivity contribution is 7.98. The number of esters is 1. The zero-order valence-electron chi connectivity index (χ0n) is 18.2. The Morgan fingerprint density at radius 3 is 2.48 bits per heavy atom. The quantitative estimate of drug-likeness (QED) is 0.391. The lowest BCUT2D eigenvalue weighted by molar-refractivity contribution is -0.135. The number of ether oxygens (including phenoxy) is 1. The van der Waals surface area contributed by atoms with Crippen LogP contribution in [-0.4, -0.2) is 29.3 Å². The molecule has 0 aliphatic rings. The first kappa shape index (κ1) is 24.5. The topological polar surface area (TPSA) is 77.4 Å². The molecule has 0 unspecified atom stereocenters. The second kappa shape index (κ2) is 11.6. The van der Waals surface area contributed by atoms with E-state index in [9.17, 15) is 18.8 Å². The predicted molar refractivity (Wildman–Crippen MR) is 129 cm³/mol. The Morgan fingerprint density at radius 2 is 1.85 bits per heavy atom. The second-order valence-electron chi connectivity index (χ2n) is 6.91. The third-order valence-corrected chi connectivity index (χ3v) is 6.39. The number of thiazole rings is 1. The average Bonchev–Trinajstić information content (AvgIpc) is 3.08. The van der Waals surface area contributed by atoms with Gasteiger partial charge in [-0.2, -0.15) is 0 Å². The van der Waals surface area contributed by atoms with Crippen LogP contribution in [0.25, 0.3) is 12.2 Å². The fraction of sp³-hybridized carbons (Fsp3) is 0.208. The molecule has 1 heterocycles. The van der Waals surface area contributed by atoms with Gasteiger partial charge in [-0.15, -0.1) is 23.1 Å². The first-order valence-corrected chi connectivity index (χ1v) is 12.2. The summed E-state index contributed by atoms with van der Waals surface area (Å²) >= 11 is 2.73. The number of thioether (sulfide) groups is 1. The maximum atomic E-state index is 13.0. The zero-order chi connectivity index (χ0) is 23.8. The van der Waals surface area contributed by atoms with E-state index in [1.807, 2.05) is 30.5 Å². The van der Waals surface area contributed by atoms with Gasteiger partial charge in [0.2, 0.25) is 5.91 Å². The number of carbonyl (C=O) groups excluding carboxylic acids is 2. The van der Waals surface area contributed by atoms with Crippen LogP contribution in [0.4, 0.5) is 4.39 Å². The molecule has 1 aromatic heterocycles. The highest BCUT2D eigenvalue weighted by Gasteiger charge is 2.11. The molecule has 6 nitrogen and oxygen atoms in total. The molecule has 0 spiro atoms. The Labute approximate surface area is 198 Å². The van der Waals surface area contributed by atoms with E-state index in [0.717, 1.165) is 27.4 Å². The fourth-order valence-electron chi connectivity index (χ4n) is 2.93. The molecule has 0 bridgehead atoms. The Kier molecular flexibility index (Phi) is 8.62. The Bertz CT molecular complexity index is 1300.